The zero-order valence-electron chi connectivity index (χ0n) is 11.7. The van der Waals surface area contributed by atoms with Crippen molar-refractivity contribution in [3.63, 3.8) is 0 Å². The minimum atomic E-state index is -0.747. The highest BCUT2D eigenvalue weighted by atomic mass is 16.5. The van der Waals surface area contributed by atoms with E-state index in [2.05, 4.69) is 11.1 Å². The molecule has 0 aliphatic carbocycles. The number of nitriles is 1. The number of nitrogens with two attached hydrogens (primary N) is 1. The van der Waals surface area contributed by atoms with E-state index in [-0.39, 0.29) is 0 Å². The molecule has 2 heterocycles. The number of nitrogens with zero attached hydrogens (tertiary/aromatic N) is 1. The van der Waals surface area contributed by atoms with Gasteiger partial charge in [-0.25, -0.2) is 0 Å². The molecular weight excluding hydrogens is 274 g/mol. The summed E-state index contributed by atoms with van der Waals surface area (Å²) in [5.74, 6) is 0.703. The molecule has 2 aromatic carbocycles. The second-order valence-electron chi connectivity index (χ2n) is 5.18. The number of fused-ring (bicyclic) bond motifs is 2. The van der Waals surface area contributed by atoms with Crippen LogP contribution in [-0.2, 0) is 0 Å². The van der Waals surface area contributed by atoms with Gasteiger partial charge < -0.3 is 9.72 Å². The van der Waals surface area contributed by atoms with Crippen molar-refractivity contribution in [2.45, 2.75) is 6.23 Å². The molecule has 0 radical (unpaired) electrons. The first-order valence-corrected chi connectivity index (χ1v) is 7.02. The van der Waals surface area contributed by atoms with Crippen LogP contribution >= 0.6 is 0 Å². The standard InChI is InChI=1S/C18H13N3O/c19-9-13-17(12-6-2-4-8-16(12)22-18(13)20)14-10-21-15-7-3-1-5-11(14)15/h1-8,10,18,21H,20H2/t18-/m1/s1. The Morgan fingerprint density at radius 2 is 1.82 bits per heavy atom. The van der Waals surface area contributed by atoms with Crippen molar-refractivity contribution < 1.29 is 4.74 Å². The number of H-pyrrole nitrogens is 1. The molecule has 0 unspecified atom stereocenters. The molecule has 1 atom stereocenters. The number of ether oxygens (including phenoxy) is 1. The van der Waals surface area contributed by atoms with Gasteiger partial charge in [0.2, 0.25) is 0 Å². The second kappa shape index (κ2) is 4.76. The van der Waals surface area contributed by atoms with Gasteiger partial charge in [0.25, 0.3) is 0 Å². The van der Waals surface area contributed by atoms with Crippen LogP contribution in [0.15, 0.2) is 60.3 Å². The molecule has 3 N–H and O–H groups in total. The first kappa shape index (κ1) is 12.7. The van der Waals surface area contributed by atoms with Gasteiger partial charge in [-0.1, -0.05) is 36.4 Å². The van der Waals surface area contributed by atoms with Crippen molar-refractivity contribution in [2.24, 2.45) is 5.73 Å². The summed E-state index contributed by atoms with van der Waals surface area (Å²) in [6.07, 6.45) is 1.18. The number of hydrogen-bond acceptors (Lipinski definition) is 3. The summed E-state index contributed by atoms with van der Waals surface area (Å²) < 4.78 is 5.66. The zero-order chi connectivity index (χ0) is 15.1. The van der Waals surface area contributed by atoms with E-state index in [1.807, 2.05) is 54.7 Å². The summed E-state index contributed by atoms with van der Waals surface area (Å²) in [7, 11) is 0. The Hall–Kier alpha value is -3.03. The van der Waals surface area contributed by atoms with Crippen LogP contribution < -0.4 is 10.5 Å². The number of rotatable bonds is 1. The van der Waals surface area contributed by atoms with Crippen molar-refractivity contribution >= 4 is 16.5 Å². The largest absolute Gasteiger partial charge is 0.470 e. The van der Waals surface area contributed by atoms with E-state index in [0.29, 0.717) is 11.3 Å². The smallest absolute Gasteiger partial charge is 0.184 e. The molecule has 0 spiro atoms. The summed E-state index contributed by atoms with van der Waals surface area (Å²) >= 11 is 0. The van der Waals surface area contributed by atoms with Gasteiger partial charge in [-0.3, -0.25) is 5.73 Å². The fraction of sp³-hybridized carbons (Fsp3) is 0.0556. The van der Waals surface area contributed by atoms with Gasteiger partial charge in [0.15, 0.2) is 6.23 Å². The van der Waals surface area contributed by atoms with Gasteiger partial charge in [-0.2, -0.15) is 5.26 Å². The van der Waals surface area contributed by atoms with Gasteiger partial charge in [-0.15, -0.1) is 0 Å². The highest BCUT2D eigenvalue weighted by molar-refractivity contribution is 6.00. The highest BCUT2D eigenvalue weighted by Gasteiger charge is 2.28. The summed E-state index contributed by atoms with van der Waals surface area (Å²) in [5, 5.41) is 10.6. The van der Waals surface area contributed by atoms with Crippen molar-refractivity contribution in [3.05, 3.63) is 71.4 Å². The number of aromatic nitrogens is 1. The van der Waals surface area contributed by atoms with E-state index in [1.54, 1.807) is 0 Å². The average Bonchev–Trinajstić information content (AvgIpc) is 2.97. The predicted octanol–water partition coefficient (Wildman–Crippen LogP) is 3.17. The van der Waals surface area contributed by atoms with E-state index in [0.717, 1.165) is 27.6 Å². The average molecular weight is 287 g/mol. The van der Waals surface area contributed by atoms with E-state index < -0.39 is 6.23 Å². The van der Waals surface area contributed by atoms with Crippen LogP contribution in [0.4, 0.5) is 0 Å². The third kappa shape index (κ3) is 1.73. The van der Waals surface area contributed by atoms with Crippen molar-refractivity contribution in [1.29, 1.82) is 5.26 Å². The molecule has 0 fully saturated rings. The molecule has 0 bridgehead atoms. The molecule has 0 amide bonds. The van der Waals surface area contributed by atoms with E-state index >= 15 is 0 Å². The van der Waals surface area contributed by atoms with Crippen LogP contribution in [0, 0.1) is 11.3 Å². The maximum atomic E-state index is 9.55. The number of benzene rings is 2. The SMILES string of the molecule is N#CC1=C(c2c[nH]c3ccccc23)c2ccccc2O[C@H]1N. The lowest BCUT2D eigenvalue weighted by molar-refractivity contribution is 0.245. The van der Waals surface area contributed by atoms with Gasteiger partial charge >= 0.3 is 0 Å². The van der Waals surface area contributed by atoms with Crippen LogP contribution in [0.3, 0.4) is 0 Å². The predicted molar refractivity (Wildman–Crippen MR) is 85.0 cm³/mol. The van der Waals surface area contributed by atoms with E-state index in [1.165, 1.54) is 0 Å². The number of aromatic amines is 1. The van der Waals surface area contributed by atoms with Crippen molar-refractivity contribution in [1.82, 2.24) is 4.98 Å². The first-order chi connectivity index (χ1) is 10.8. The summed E-state index contributed by atoms with van der Waals surface area (Å²) in [6, 6.07) is 17.9. The molecule has 4 nitrogen and oxygen atoms in total. The van der Waals surface area contributed by atoms with Crippen LogP contribution in [0.2, 0.25) is 0 Å². The molecule has 3 aromatic rings. The topological polar surface area (TPSA) is 74.8 Å². The third-order valence-electron chi connectivity index (χ3n) is 3.94. The normalized spacial score (nSPS) is 17.0. The molecule has 1 aliphatic heterocycles. The van der Waals surface area contributed by atoms with E-state index in [9.17, 15) is 5.26 Å². The lowest BCUT2D eigenvalue weighted by Crippen LogP contribution is -2.32. The Morgan fingerprint density at radius 1 is 1.05 bits per heavy atom. The van der Waals surface area contributed by atoms with Crippen molar-refractivity contribution in [3.8, 4) is 11.8 Å². The minimum absolute atomic E-state index is 0.448. The van der Waals surface area contributed by atoms with Crippen LogP contribution in [0.1, 0.15) is 11.1 Å². The Labute approximate surface area is 127 Å². The number of nitrogens with one attached hydrogen (secondary N) is 1. The van der Waals surface area contributed by atoms with Gasteiger partial charge in [0.05, 0.1) is 5.57 Å². The maximum absolute atomic E-state index is 9.55. The molecule has 22 heavy (non-hydrogen) atoms. The lowest BCUT2D eigenvalue weighted by atomic mass is 9.90. The molecule has 0 saturated carbocycles. The second-order valence-corrected chi connectivity index (χ2v) is 5.18. The molecule has 106 valence electrons. The molecule has 0 saturated heterocycles. The molecule has 4 rings (SSSR count). The van der Waals surface area contributed by atoms with Crippen LogP contribution in [-0.4, -0.2) is 11.2 Å². The van der Waals surface area contributed by atoms with Gasteiger partial charge in [0, 0.05) is 33.8 Å². The van der Waals surface area contributed by atoms with Crippen LogP contribution in [0.5, 0.6) is 5.75 Å². The Bertz CT molecular complexity index is 946. The summed E-state index contributed by atoms with van der Waals surface area (Å²) in [5.41, 5.74) is 10.2. The summed E-state index contributed by atoms with van der Waals surface area (Å²) in [6.45, 7) is 0. The zero-order valence-corrected chi connectivity index (χ0v) is 11.7. The maximum Gasteiger partial charge on any atom is 0.184 e. The quantitative estimate of drug-likeness (QED) is 0.722. The lowest BCUT2D eigenvalue weighted by Gasteiger charge is -2.25. The molecular formula is C18H13N3O. The fourth-order valence-electron chi connectivity index (χ4n) is 2.95. The molecule has 1 aliphatic rings. The van der Waals surface area contributed by atoms with Gasteiger partial charge in [-0.05, 0) is 12.1 Å². The highest BCUT2D eigenvalue weighted by Crippen LogP contribution is 2.40. The fourth-order valence-corrected chi connectivity index (χ4v) is 2.95. The van der Waals surface area contributed by atoms with Crippen molar-refractivity contribution in [2.75, 3.05) is 0 Å². The monoisotopic (exact) mass is 287 g/mol. The summed E-state index contributed by atoms with van der Waals surface area (Å²) in [4.78, 5) is 3.25. The van der Waals surface area contributed by atoms with Crippen LogP contribution in [0.25, 0.3) is 16.5 Å². The number of hydrogen-bond donors (Lipinski definition) is 2. The third-order valence-corrected chi connectivity index (χ3v) is 3.94. The number of para-hydroxylation sites is 2. The Balaban J connectivity index is 2.07. The van der Waals surface area contributed by atoms with E-state index in [4.69, 9.17) is 10.5 Å². The Morgan fingerprint density at radius 3 is 2.68 bits per heavy atom. The molecule has 1 aromatic heterocycles. The molecule has 4 heteroatoms. The van der Waals surface area contributed by atoms with Gasteiger partial charge in [0.1, 0.15) is 11.8 Å². The minimum Gasteiger partial charge on any atom is -0.470 e. The Kier molecular flexibility index (Phi) is 2.75. The first-order valence-electron chi connectivity index (χ1n) is 7.02.